The number of benzene rings is 2. The molecule has 2 amide bonds. The molecule has 9 N–H and O–H groups in total. The number of hydrogen-bond acceptors (Lipinski definition) is 7. The molecular formula is C24H32N4O6. The molecule has 2 aromatic carbocycles. The SMILES string of the molecule is NCCCCC(NC(=O)C(Cc1ccc(O)cc1)NC(=O)C(N)Cc1ccc(O)cc1)C(=O)O. The molecule has 10 nitrogen and oxygen atoms in total. The van der Waals surface area contributed by atoms with E-state index in [0.717, 1.165) is 5.56 Å². The number of phenols is 2. The van der Waals surface area contributed by atoms with Gasteiger partial charge in [-0.15, -0.1) is 0 Å². The smallest absolute Gasteiger partial charge is 0.326 e. The average Bonchev–Trinajstić information content (AvgIpc) is 2.80. The first kappa shape index (κ1) is 26.6. The third-order valence-electron chi connectivity index (χ3n) is 5.30. The normalized spacial score (nSPS) is 13.5. The molecular weight excluding hydrogens is 440 g/mol. The largest absolute Gasteiger partial charge is 0.508 e. The number of carboxylic acid groups (broad SMARTS) is 1. The lowest BCUT2D eigenvalue weighted by molar-refractivity contribution is -0.142. The molecule has 0 aliphatic rings. The fraction of sp³-hybridized carbons (Fsp3) is 0.375. The molecule has 2 aromatic rings. The van der Waals surface area contributed by atoms with Crippen LogP contribution in [0.3, 0.4) is 0 Å². The van der Waals surface area contributed by atoms with Gasteiger partial charge < -0.3 is 37.4 Å². The van der Waals surface area contributed by atoms with Crippen LogP contribution in [0.2, 0.25) is 0 Å². The molecule has 0 fully saturated rings. The molecule has 0 aliphatic heterocycles. The molecule has 0 saturated heterocycles. The first-order valence-corrected chi connectivity index (χ1v) is 11.0. The summed E-state index contributed by atoms with van der Waals surface area (Å²) in [6.07, 6.45) is 1.60. The Morgan fingerprint density at radius 2 is 1.26 bits per heavy atom. The van der Waals surface area contributed by atoms with E-state index in [2.05, 4.69) is 10.6 Å². The zero-order valence-corrected chi connectivity index (χ0v) is 18.8. The number of phenolic OH excluding ortho intramolecular Hbond substituents is 2. The van der Waals surface area contributed by atoms with Gasteiger partial charge >= 0.3 is 5.97 Å². The zero-order valence-electron chi connectivity index (χ0n) is 18.8. The third kappa shape index (κ3) is 8.72. The number of carbonyl (C=O) groups is 3. The summed E-state index contributed by atoms with van der Waals surface area (Å²) in [5, 5.41) is 33.5. The highest BCUT2D eigenvalue weighted by molar-refractivity contribution is 5.92. The van der Waals surface area contributed by atoms with Gasteiger partial charge in [0.05, 0.1) is 6.04 Å². The van der Waals surface area contributed by atoms with E-state index in [1.54, 1.807) is 24.3 Å². The van der Waals surface area contributed by atoms with Crippen LogP contribution in [-0.2, 0) is 27.2 Å². The maximum Gasteiger partial charge on any atom is 0.326 e. The minimum Gasteiger partial charge on any atom is -0.508 e. The average molecular weight is 473 g/mol. The van der Waals surface area contributed by atoms with Gasteiger partial charge in [-0.25, -0.2) is 4.79 Å². The predicted molar refractivity (Wildman–Crippen MR) is 126 cm³/mol. The summed E-state index contributed by atoms with van der Waals surface area (Å²) in [4.78, 5) is 37.4. The molecule has 0 radical (unpaired) electrons. The van der Waals surface area contributed by atoms with Crippen molar-refractivity contribution in [2.24, 2.45) is 11.5 Å². The van der Waals surface area contributed by atoms with E-state index in [1.807, 2.05) is 0 Å². The second kappa shape index (κ2) is 13.2. The van der Waals surface area contributed by atoms with Crippen molar-refractivity contribution in [3.8, 4) is 11.5 Å². The van der Waals surface area contributed by atoms with Gasteiger partial charge in [-0.05, 0) is 67.6 Å². The topological polar surface area (TPSA) is 188 Å². The Morgan fingerprint density at radius 3 is 1.76 bits per heavy atom. The van der Waals surface area contributed by atoms with Gasteiger partial charge in [-0.1, -0.05) is 24.3 Å². The molecule has 10 heteroatoms. The van der Waals surface area contributed by atoms with Gasteiger partial charge in [0, 0.05) is 6.42 Å². The van der Waals surface area contributed by atoms with Gasteiger partial charge in [0.2, 0.25) is 11.8 Å². The molecule has 0 aliphatic carbocycles. The van der Waals surface area contributed by atoms with Crippen molar-refractivity contribution in [2.75, 3.05) is 6.54 Å². The highest BCUT2D eigenvalue weighted by atomic mass is 16.4. The van der Waals surface area contributed by atoms with Gasteiger partial charge in [0.25, 0.3) is 0 Å². The molecule has 34 heavy (non-hydrogen) atoms. The van der Waals surface area contributed by atoms with Crippen LogP contribution in [0.25, 0.3) is 0 Å². The van der Waals surface area contributed by atoms with Crippen LogP contribution in [0, 0.1) is 0 Å². The number of rotatable bonds is 13. The summed E-state index contributed by atoms with van der Waals surface area (Å²) in [5.74, 6) is -2.27. The van der Waals surface area contributed by atoms with Crippen LogP contribution in [0.1, 0.15) is 30.4 Å². The fourth-order valence-corrected chi connectivity index (χ4v) is 3.36. The second-order valence-electron chi connectivity index (χ2n) is 8.09. The van der Waals surface area contributed by atoms with E-state index in [9.17, 15) is 29.7 Å². The number of amides is 2. The number of nitrogens with two attached hydrogens (primary N) is 2. The summed E-state index contributed by atoms with van der Waals surface area (Å²) in [7, 11) is 0. The minimum atomic E-state index is -1.18. The molecule has 0 heterocycles. The lowest BCUT2D eigenvalue weighted by atomic mass is 10.0. The summed E-state index contributed by atoms with van der Waals surface area (Å²) in [6.45, 7) is 0.415. The molecule has 0 spiro atoms. The van der Waals surface area contributed by atoms with Crippen LogP contribution in [0.15, 0.2) is 48.5 Å². The van der Waals surface area contributed by atoms with Crippen LogP contribution in [0.5, 0.6) is 11.5 Å². The first-order valence-electron chi connectivity index (χ1n) is 11.0. The number of carboxylic acids is 1. The highest BCUT2D eigenvalue weighted by Crippen LogP contribution is 2.13. The van der Waals surface area contributed by atoms with Gasteiger partial charge in [-0.2, -0.15) is 0 Å². The zero-order chi connectivity index (χ0) is 25.1. The number of aliphatic carboxylic acids is 1. The Morgan fingerprint density at radius 1 is 0.765 bits per heavy atom. The standard InChI is InChI=1S/C24H32N4O6/c25-12-2-1-3-20(24(33)34)27-23(32)21(14-16-6-10-18(30)11-7-16)28-22(31)19(26)13-15-4-8-17(29)9-5-15/h4-11,19-21,29-30H,1-3,12-14,25-26H2,(H,27,32)(H,28,31)(H,33,34). The van der Waals surface area contributed by atoms with Crippen molar-refractivity contribution < 1.29 is 29.7 Å². The van der Waals surface area contributed by atoms with Crippen LogP contribution in [0.4, 0.5) is 0 Å². The van der Waals surface area contributed by atoms with Crippen LogP contribution in [-0.4, -0.2) is 57.8 Å². The highest BCUT2D eigenvalue weighted by Gasteiger charge is 2.28. The molecule has 2 rings (SSSR count). The van der Waals surface area contributed by atoms with Crippen molar-refractivity contribution >= 4 is 17.8 Å². The molecule has 0 saturated carbocycles. The maximum absolute atomic E-state index is 13.0. The molecule has 0 bridgehead atoms. The van der Waals surface area contributed by atoms with E-state index in [-0.39, 0.29) is 30.8 Å². The van der Waals surface area contributed by atoms with Gasteiger partial charge in [0.1, 0.15) is 23.6 Å². The van der Waals surface area contributed by atoms with Crippen LogP contribution < -0.4 is 22.1 Å². The quantitative estimate of drug-likeness (QED) is 0.204. The molecule has 3 atom stereocenters. The van der Waals surface area contributed by atoms with Gasteiger partial charge in [0.15, 0.2) is 0 Å². The van der Waals surface area contributed by atoms with Crippen molar-refractivity contribution in [1.82, 2.24) is 10.6 Å². The third-order valence-corrected chi connectivity index (χ3v) is 5.30. The van der Waals surface area contributed by atoms with E-state index in [4.69, 9.17) is 11.5 Å². The summed E-state index contributed by atoms with van der Waals surface area (Å²) >= 11 is 0. The summed E-state index contributed by atoms with van der Waals surface area (Å²) in [5.41, 5.74) is 12.9. The predicted octanol–water partition coefficient (Wildman–Crippen LogP) is 0.394. The Balaban J connectivity index is 2.12. The number of unbranched alkanes of at least 4 members (excludes halogenated alkanes) is 1. The number of nitrogens with one attached hydrogen (secondary N) is 2. The monoisotopic (exact) mass is 472 g/mol. The minimum absolute atomic E-state index is 0.0514. The van der Waals surface area contributed by atoms with E-state index >= 15 is 0 Å². The number of carbonyl (C=O) groups excluding carboxylic acids is 2. The lowest BCUT2D eigenvalue weighted by Crippen LogP contribution is -2.55. The lowest BCUT2D eigenvalue weighted by Gasteiger charge is -2.23. The van der Waals surface area contributed by atoms with E-state index < -0.39 is 35.9 Å². The van der Waals surface area contributed by atoms with E-state index in [1.165, 1.54) is 24.3 Å². The molecule has 184 valence electrons. The first-order chi connectivity index (χ1) is 16.2. The second-order valence-corrected chi connectivity index (χ2v) is 8.09. The summed E-state index contributed by atoms with van der Waals surface area (Å²) < 4.78 is 0. The van der Waals surface area contributed by atoms with Crippen molar-refractivity contribution in [2.45, 2.75) is 50.2 Å². The van der Waals surface area contributed by atoms with Gasteiger partial charge in [-0.3, -0.25) is 9.59 Å². The maximum atomic E-state index is 13.0. The Hall–Kier alpha value is -3.63. The number of aromatic hydroxyl groups is 2. The Labute approximate surface area is 198 Å². The van der Waals surface area contributed by atoms with Crippen molar-refractivity contribution in [3.63, 3.8) is 0 Å². The Kier molecular flexibility index (Phi) is 10.3. The van der Waals surface area contributed by atoms with Crippen molar-refractivity contribution in [1.29, 1.82) is 0 Å². The molecule has 3 unspecified atom stereocenters. The molecule has 0 aromatic heterocycles. The van der Waals surface area contributed by atoms with Crippen LogP contribution >= 0.6 is 0 Å². The van der Waals surface area contributed by atoms with E-state index in [0.29, 0.717) is 24.9 Å². The van der Waals surface area contributed by atoms with Crippen molar-refractivity contribution in [3.05, 3.63) is 59.7 Å². The summed E-state index contributed by atoms with van der Waals surface area (Å²) in [6, 6.07) is 9.19. The Bertz CT molecular complexity index is 949. The fourth-order valence-electron chi connectivity index (χ4n) is 3.36. The number of hydrogen-bond donors (Lipinski definition) is 7.